The Labute approximate surface area is 152 Å². The second-order valence-electron chi connectivity index (χ2n) is 5.95. The molecular formula is C18H21Cl2N3O. The molecule has 0 aliphatic heterocycles. The molecule has 0 aliphatic rings. The lowest BCUT2D eigenvalue weighted by atomic mass is 10.1. The molecule has 2 aromatic rings. The summed E-state index contributed by atoms with van der Waals surface area (Å²) in [5, 5.41) is 7.32. The van der Waals surface area contributed by atoms with E-state index in [0.29, 0.717) is 40.3 Å². The topological polar surface area (TPSA) is 54.0 Å². The van der Waals surface area contributed by atoms with E-state index in [1.807, 2.05) is 6.07 Å². The smallest absolute Gasteiger partial charge is 0.251 e. The molecule has 0 saturated carbocycles. The van der Waals surface area contributed by atoms with Crippen molar-refractivity contribution in [3.8, 4) is 0 Å². The van der Waals surface area contributed by atoms with Crippen LogP contribution in [0.25, 0.3) is 0 Å². The first kappa shape index (κ1) is 18.6. The fraction of sp³-hybridized carbons (Fsp3) is 0.333. The number of rotatable bonds is 7. The number of nitrogens with one attached hydrogen (secondary N) is 2. The summed E-state index contributed by atoms with van der Waals surface area (Å²) in [5.74, 6) is 1.08. The summed E-state index contributed by atoms with van der Waals surface area (Å²) in [7, 11) is 0. The first-order valence-electron chi connectivity index (χ1n) is 7.87. The molecule has 0 atom stereocenters. The summed E-state index contributed by atoms with van der Waals surface area (Å²) in [6, 6.07) is 8.82. The van der Waals surface area contributed by atoms with E-state index >= 15 is 0 Å². The van der Waals surface area contributed by atoms with Crippen LogP contribution in [-0.4, -0.2) is 24.0 Å². The van der Waals surface area contributed by atoms with E-state index in [0.717, 1.165) is 12.1 Å². The van der Waals surface area contributed by atoms with Crippen LogP contribution in [0, 0.1) is 5.92 Å². The van der Waals surface area contributed by atoms with Gasteiger partial charge in [0.25, 0.3) is 5.91 Å². The number of carbonyl (C=O) groups excluding carboxylic acids is 1. The van der Waals surface area contributed by atoms with Gasteiger partial charge in [0, 0.05) is 34.9 Å². The maximum absolute atomic E-state index is 12.2. The minimum atomic E-state index is -0.130. The van der Waals surface area contributed by atoms with Gasteiger partial charge in [-0.2, -0.15) is 0 Å². The highest BCUT2D eigenvalue weighted by Gasteiger charge is 2.08. The van der Waals surface area contributed by atoms with Crippen LogP contribution >= 0.6 is 23.2 Å². The van der Waals surface area contributed by atoms with Gasteiger partial charge in [0.1, 0.15) is 5.82 Å². The van der Waals surface area contributed by atoms with Crippen LogP contribution in [0.1, 0.15) is 29.8 Å². The van der Waals surface area contributed by atoms with E-state index in [-0.39, 0.29) is 5.91 Å². The molecule has 0 bridgehead atoms. The normalized spacial score (nSPS) is 10.7. The number of benzene rings is 1. The van der Waals surface area contributed by atoms with Crippen LogP contribution in [-0.2, 0) is 6.42 Å². The number of halogens is 2. The molecule has 24 heavy (non-hydrogen) atoms. The average Bonchev–Trinajstić information content (AvgIpc) is 2.55. The number of hydrogen-bond donors (Lipinski definition) is 2. The van der Waals surface area contributed by atoms with Crippen molar-refractivity contribution >= 4 is 34.9 Å². The average molecular weight is 366 g/mol. The number of amides is 1. The molecule has 1 heterocycles. The van der Waals surface area contributed by atoms with E-state index < -0.39 is 0 Å². The van der Waals surface area contributed by atoms with Gasteiger partial charge in [-0.1, -0.05) is 43.1 Å². The monoisotopic (exact) mass is 365 g/mol. The Balaban J connectivity index is 1.89. The Hall–Kier alpha value is -1.78. The van der Waals surface area contributed by atoms with Crippen LogP contribution in [0.3, 0.4) is 0 Å². The van der Waals surface area contributed by atoms with E-state index in [1.54, 1.807) is 30.5 Å². The van der Waals surface area contributed by atoms with Crippen molar-refractivity contribution in [1.29, 1.82) is 0 Å². The van der Waals surface area contributed by atoms with Crippen molar-refractivity contribution in [3.63, 3.8) is 0 Å². The Morgan fingerprint density at radius 1 is 1.21 bits per heavy atom. The maximum atomic E-state index is 12.2. The Kier molecular flexibility index (Phi) is 6.88. The summed E-state index contributed by atoms with van der Waals surface area (Å²) >= 11 is 12.0. The molecule has 1 aromatic heterocycles. The van der Waals surface area contributed by atoms with Crippen LogP contribution in [0.5, 0.6) is 0 Å². The lowest BCUT2D eigenvalue weighted by Gasteiger charge is -2.10. The molecule has 4 nitrogen and oxygen atoms in total. The van der Waals surface area contributed by atoms with Crippen molar-refractivity contribution in [1.82, 2.24) is 10.3 Å². The quantitative estimate of drug-likeness (QED) is 0.762. The van der Waals surface area contributed by atoms with Gasteiger partial charge in [0.2, 0.25) is 0 Å². The Morgan fingerprint density at radius 3 is 2.71 bits per heavy atom. The Bertz CT molecular complexity index is 704. The molecule has 0 radical (unpaired) electrons. The second kappa shape index (κ2) is 8.90. The molecule has 1 amide bonds. The zero-order valence-corrected chi connectivity index (χ0v) is 15.3. The lowest BCUT2D eigenvalue weighted by molar-refractivity contribution is 0.0954. The van der Waals surface area contributed by atoms with Crippen LogP contribution < -0.4 is 10.6 Å². The minimum absolute atomic E-state index is 0.130. The lowest BCUT2D eigenvalue weighted by Crippen LogP contribution is -2.26. The third kappa shape index (κ3) is 5.69. The molecule has 2 rings (SSSR count). The number of carbonyl (C=O) groups is 1. The van der Waals surface area contributed by atoms with Crippen LogP contribution in [0.2, 0.25) is 10.0 Å². The number of pyridine rings is 1. The molecule has 6 heteroatoms. The highest BCUT2D eigenvalue weighted by atomic mass is 35.5. The van der Waals surface area contributed by atoms with Gasteiger partial charge in [-0.3, -0.25) is 4.79 Å². The van der Waals surface area contributed by atoms with Gasteiger partial charge >= 0.3 is 0 Å². The van der Waals surface area contributed by atoms with E-state index in [1.165, 1.54) is 0 Å². The second-order valence-corrected chi connectivity index (χ2v) is 6.79. The highest BCUT2D eigenvalue weighted by molar-refractivity contribution is 6.35. The molecule has 2 N–H and O–H groups in total. The molecular weight excluding hydrogens is 345 g/mol. The molecule has 0 saturated heterocycles. The van der Waals surface area contributed by atoms with Gasteiger partial charge in [-0.05, 0) is 42.2 Å². The Morgan fingerprint density at radius 2 is 2.00 bits per heavy atom. The largest absolute Gasteiger partial charge is 0.370 e. The predicted molar refractivity (Wildman–Crippen MR) is 100 cm³/mol. The number of nitrogens with zero attached hydrogens (tertiary/aromatic N) is 1. The first-order chi connectivity index (χ1) is 11.5. The zero-order valence-electron chi connectivity index (χ0n) is 13.8. The predicted octanol–water partition coefficient (Wildman–Crippen LogP) is 4.43. The summed E-state index contributed by atoms with van der Waals surface area (Å²) in [5.41, 5.74) is 1.54. The standard InChI is InChI=1S/C18H21Cl2N3O/c1-12(2)11-23-17-9-14(6-7-21-17)18(24)22-8-5-13-3-4-15(19)10-16(13)20/h3-4,6-7,9-10,12H,5,8,11H2,1-2H3,(H,21,23)(H,22,24). The molecule has 0 spiro atoms. The van der Waals surface area contributed by atoms with Gasteiger partial charge in [-0.15, -0.1) is 0 Å². The van der Waals surface area contributed by atoms with Crippen molar-refractivity contribution in [2.75, 3.05) is 18.4 Å². The van der Waals surface area contributed by atoms with Crippen molar-refractivity contribution in [3.05, 3.63) is 57.7 Å². The van der Waals surface area contributed by atoms with Crippen LogP contribution in [0.4, 0.5) is 5.82 Å². The maximum Gasteiger partial charge on any atom is 0.251 e. The summed E-state index contributed by atoms with van der Waals surface area (Å²) in [4.78, 5) is 16.5. The molecule has 128 valence electrons. The number of aromatic nitrogens is 1. The third-order valence-electron chi connectivity index (χ3n) is 3.41. The summed E-state index contributed by atoms with van der Waals surface area (Å²) in [6.45, 7) is 5.54. The van der Waals surface area contributed by atoms with E-state index in [2.05, 4.69) is 29.5 Å². The van der Waals surface area contributed by atoms with Gasteiger partial charge in [-0.25, -0.2) is 4.98 Å². The van der Waals surface area contributed by atoms with Crippen molar-refractivity contribution < 1.29 is 4.79 Å². The third-order valence-corrected chi connectivity index (χ3v) is 4.00. The number of anilines is 1. The highest BCUT2D eigenvalue weighted by Crippen LogP contribution is 2.21. The summed E-state index contributed by atoms with van der Waals surface area (Å²) in [6.07, 6.45) is 2.28. The molecule has 1 aromatic carbocycles. The number of hydrogen-bond acceptors (Lipinski definition) is 3. The molecule has 0 aliphatic carbocycles. The SMILES string of the molecule is CC(C)CNc1cc(C(=O)NCCc2ccc(Cl)cc2Cl)ccn1. The van der Waals surface area contributed by atoms with Gasteiger partial charge in [0.05, 0.1) is 0 Å². The summed E-state index contributed by atoms with van der Waals surface area (Å²) < 4.78 is 0. The van der Waals surface area contributed by atoms with Gasteiger partial charge in [0.15, 0.2) is 0 Å². The fourth-order valence-electron chi connectivity index (χ4n) is 2.11. The van der Waals surface area contributed by atoms with Crippen molar-refractivity contribution in [2.24, 2.45) is 5.92 Å². The van der Waals surface area contributed by atoms with Crippen molar-refractivity contribution in [2.45, 2.75) is 20.3 Å². The minimum Gasteiger partial charge on any atom is -0.370 e. The fourth-order valence-corrected chi connectivity index (χ4v) is 2.62. The molecule has 0 unspecified atom stereocenters. The first-order valence-corrected chi connectivity index (χ1v) is 8.63. The van der Waals surface area contributed by atoms with Crippen LogP contribution in [0.15, 0.2) is 36.5 Å². The van der Waals surface area contributed by atoms with Gasteiger partial charge < -0.3 is 10.6 Å². The molecule has 0 fully saturated rings. The van der Waals surface area contributed by atoms with E-state index in [9.17, 15) is 4.79 Å². The zero-order chi connectivity index (χ0) is 17.5. The van der Waals surface area contributed by atoms with E-state index in [4.69, 9.17) is 23.2 Å².